The third kappa shape index (κ3) is 4.34. The van der Waals surface area contributed by atoms with Gasteiger partial charge in [0.25, 0.3) is 0 Å². The fourth-order valence-electron chi connectivity index (χ4n) is 2.59. The molecule has 20 heavy (non-hydrogen) atoms. The van der Waals surface area contributed by atoms with Crippen LogP contribution in [0.2, 0.25) is 0 Å². The summed E-state index contributed by atoms with van der Waals surface area (Å²) in [5.41, 5.74) is 2.58. The molecule has 0 unspecified atom stereocenters. The lowest BCUT2D eigenvalue weighted by Crippen LogP contribution is -2.49. The Morgan fingerprint density at radius 2 is 1.80 bits per heavy atom. The van der Waals surface area contributed by atoms with E-state index >= 15 is 0 Å². The van der Waals surface area contributed by atoms with E-state index in [0.717, 1.165) is 12.8 Å². The van der Waals surface area contributed by atoms with Crippen molar-refractivity contribution in [3.05, 3.63) is 35.4 Å². The smallest absolute Gasteiger partial charge is 0.234 e. The number of benzene rings is 1. The Morgan fingerprint density at radius 1 is 1.20 bits per heavy atom. The molecule has 3 nitrogen and oxygen atoms in total. The predicted octanol–water partition coefficient (Wildman–Crippen LogP) is 2.75. The molecule has 0 spiro atoms. The van der Waals surface area contributed by atoms with Crippen molar-refractivity contribution in [3.8, 4) is 0 Å². The number of hydrogen-bond acceptors (Lipinski definition) is 2. The molecule has 110 valence electrons. The lowest BCUT2D eigenvalue weighted by atomic mass is 9.76. The number of aryl methyl sites for hydroxylation is 1. The highest BCUT2D eigenvalue weighted by atomic mass is 16.2. The summed E-state index contributed by atoms with van der Waals surface area (Å²) in [7, 11) is 0. The van der Waals surface area contributed by atoms with E-state index in [1.165, 1.54) is 11.1 Å². The van der Waals surface area contributed by atoms with Crippen LogP contribution in [-0.2, 0) is 4.79 Å². The zero-order valence-electron chi connectivity index (χ0n) is 13.0. The lowest BCUT2D eigenvalue weighted by Gasteiger charge is -2.36. The van der Waals surface area contributed by atoms with Gasteiger partial charge in [-0.15, -0.1) is 0 Å². The molecule has 3 heteroatoms. The molecule has 2 N–H and O–H groups in total. The monoisotopic (exact) mass is 274 g/mol. The van der Waals surface area contributed by atoms with E-state index in [-0.39, 0.29) is 11.4 Å². The first kappa shape index (κ1) is 15.0. The van der Waals surface area contributed by atoms with Gasteiger partial charge in [0.15, 0.2) is 0 Å². The van der Waals surface area contributed by atoms with Crippen LogP contribution in [-0.4, -0.2) is 24.0 Å². The van der Waals surface area contributed by atoms with E-state index in [4.69, 9.17) is 0 Å². The van der Waals surface area contributed by atoms with Crippen LogP contribution < -0.4 is 10.6 Å². The van der Waals surface area contributed by atoms with Crippen molar-refractivity contribution in [2.75, 3.05) is 6.54 Å². The summed E-state index contributed by atoms with van der Waals surface area (Å²) >= 11 is 0. The summed E-state index contributed by atoms with van der Waals surface area (Å²) in [5.74, 6) is 0.732. The minimum atomic E-state index is -0.150. The van der Waals surface area contributed by atoms with Crippen molar-refractivity contribution in [3.63, 3.8) is 0 Å². The molecule has 0 heterocycles. The number of nitrogens with one attached hydrogen (secondary N) is 2. The maximum absolute atomic E-state index is 11.7. The maximum atomic E-state index is 11.7. The number of amides is 1. The van der Waals surface area contributed by atoms with Gasteiger partial charge in [0.1, 0.15) is 0 Å². The summed E-state index contributed by atoms with van der Waals surface area (Å²) in [6.07, 6.45) is 2.26. The summed E-state index contributed by atoms with van der Waals surface area (Å²) in [6, 6.07) is 9.28. The van der Waals surface area contributed by atoms with Gasteiger partial charge in [0, 0.05) is 11.6 Å². The minimum Gasteiger partial charge on any atom is -0.350 e. The molecule has 1 fully saturated rings. The summed E-state index contributed by atoms with van der Waals surface area (Å²) < 4.78 is 0. The van der Waals surface area contributed by atoms with Crippen LogP contribution in [0.4, 0.5) is 0 Å². The molecule has 1 saturated carbocycles. The quantitative estimate of drug-likeness (QED) is 0.886. The van der Waals surface area contributed by atoms with Crippen LogP contribution in [0, 0.1) is 6.92 Å². The van der Waals surface area contributed by atoms with Crippen molar-refractivity contribution >= 4 is 5.91 Å². The molecule has 1 aromatic carbocycles. The van der Waals surface area contributed by atoms with Crippen LogP contribution in [0.1, 0.15) is 50.7 Å². The van der Waals surface area contributed by atoms with Crippen LogP contribution in [0.15, 0.2) is 24.3 Å². The molecule has 2 rings (SSSR count). The van der Waals surface area contributed by atoms with Crippen molar-refractivity contribution in [2.45, 2.75) is 58.0 Å². The summed E-state index contributed by atoms with van der Waals surface area (Å²) in [5, 5.41) is 6.31. The zero-order valence-corrected chi connectivity index (χ0v) is 13.0. The number of carbonyl (C=O) groups is 1. The Kier molecular flexibility index (Phi) is 4.48. The number of carbonyl (C=O) groups excluding carboxylic acids is 1. The molecule has 1 amide bonds. The van der Waals surface area contributed by atoms with Gasteiger partial charge in [-0.05, 0) is 52.0 Å². The molecule has 0 radical (unpaired) electrons. The first-order valence-electron chi connectivity index (χ1n) is 7.44. The van der Waals surface area contributed by atoms with Gasteiger partial charge in [-0.2, -0.15) is 0 Å². The largest absolute Gasteiger partial charge is 0.350 e. The van der Waals surface area contributed by atoms with Gasteiger partial charge in [0.2, 0.25) is 5.91 Å². The fourth-order valence-corrected chi connectivity index (χ4v) is 2.59. The average Bonchev–Trinajstić information content (AvgIpc) is 2.27. The van der Waals surface area contributed by atoms with Gasteiger partial charge in [-0.1, -0.05) is 29.8 Å². The van der Waals surface area contributed by atoms with Gasteiger partial charge >= 0.3 is 0 Å². The van der Waals surface area contributed by atoms with E-state index in [0.29, 0.717) is 18.5 Å². The maximum Gasteiger partial charge on any atom is 0.234 e. The molecule has 0 bridgehead atoms. The molecule has 1 aromatic rings. The third-order valence-corrected chi connectivity index (χ3v) is 3.75. The fraction of sp³-hybridized carbons (Fsp3) is 0.588. The van der Waals surface area contributed by atoms with Gasteiger partial charge in [-0.3, -0.25) is 4.79 Å². The molecule has 1 aliphatic rings. The van der Waals surface area contributed by atoms with Crippen LogP contribution >= 0.6 is 0 Å². The highest BCUT2D eigenvalue weighted by Gasteiger charge is 2.30. The highest BCUT2D eigenvalue weighted by Crippen LogP contribution is 2.36. The molecule has 0 saturated heterocycles. The van der Waals surface area contributed by atoms with E-state index in [1.807, 2.05) is 20.8 Å². The molecule has 0 aromatic heterocycles. The van der Waals surface area contributed by atoms with Gasteiger partial charge < -0.3 is 10.6 Å². The second-order valence-electron chi connectivity index (χ2n) is 6.96. The Bertz CT molecular complexity index is 453. The van der Waals surface area contributed by atoms with Crippen molar-refractivity contribution in [1.29, 1.82) is 0 Å². The van der Waals surface area contributed by atoms with Crippen molar-refractivity contribution in [1.82, 2.24) is 10.6 Å². The van der Waals surface area contributed by atoms with Crippen molar-refractivity contribution in [2.24, 2.45) is 0 Å². The topological polar surface area (TPSA) is 41.1 Å². The molecular formula is C17H26N2O. The number of rotatable bonds is 4. The molecule has 1 aliphatic carbocycles. The highest BCUT2D eigenvalue weighted by molar-refractivity contribution is 5.78. The zero-order chi connectivity index (χ0) is 14.8. The standard InChI is InChI=1S/C17H26N2O/c1-12-5-7-13(8-6-12)14-9-15(10-14)18-11-16(20)19-17(2,3)4/h5-8,14-15,18H,9-11H2,1-4H3,(H,19,20). The Hall–Kier alpha value is -1.35. The predicted molar refractivity (Wildman–Crippen MR) is 82.8 cm³/mol. The normalized spacial score (nSPS) is 22.2. The van der Waals surface area contributed by atoms with Gasteiger partial charge in [0.05, 0.1) is 6.54 Å². The van der Waals surface area contributed by atoms with E-state index in [9.17, 15) is 4.79 Å². The van der Waals surface area contributed by atoms with E-state index < -0.39 is 0 Å². The Balaban J connectivity index is 1.69. The van der Waals surface area contributed by atoms with Gasteiger partial charge in [-0.25, -0.2) is 0 Å². The van der Waals surface area contributed by atoms with Crippen LogP contribution in [0.5, 0.6) is 0 Å². The SMILES string of the molecule is Cc1ccc(C2CC(NCC(=O)NC(C)(C)C)C2)cc1. The molecule has 0 atom stereocenters. The second-order valence-corrected chi connectivity index (χ2v) is 6.96. The van der Waals surface area contributed by atoms with Crippen LogP contribution in [0.3, 0.4) is 0 Å². The average molecular weight is 274 g/mol. The Morgan fingerprint density at radius 3 is 2.35 bits per heavy atom. The third-order valence-electron chi connectivity index (χ3n) is 3.75. The molecule has 0 aliphatic heterocycles. The van der Waals surface area contributed by atoms with E-state index in [2.05, 4.69) is 41.8 Å². The first-order valence-corrected chi connectivity index (χ1v) is 7.44. The molecular weight excluding hydrogens is 248 g/mol. The summed E-state index contributed by atoms with van der Waals surface area (Å²) in [6.45, 7) is 8.54. The lowest BCUT2D eigenvalue weighted by molar-refractivity contribution is -0.121. The van der Waals surface area contributed by atoms with Crippen molar-refractivity contribution < 1.29 is 4.79 Å². The summed E-state index contributed by atoms with van der Waals surface area (Å²) in [4.78, 5) is 11.7. The van der Waals surface area contributed by atoms with Crippen LogP contribution in [0.25, 0.3) is 0 Å². The second kappa shape index (κ2) is 5.96. The van der Waals surface area contributed by atoms with E-state index in [1.54, 1.807) is 0 Å². The first-order chi connectivity index (χ1) is 9.33. The Labute approximate surface area is 122 Å². The number of hydrogen-bond donors (Lipinski definition) is 2. The minimum absolute atomic E-state index is 0.0799.